The summed E-state index contributed by atoms with van der Waals surface area (Å²) in [5.74, 6) is 0.325. The summed E-state index contributed by atoms with van der Waals surface area (Å²) in [6.07, 6.45) is 5.28. The Kier molecular flexibility index (Phi) is 6.19. The molecule has 4 heterocycles. The first-order chi connectivity index (χ1) is 16.5. The monoisotopic (exact) mass is 477 g/mol. The van der Waals surface area contributed by atoms with Crippen LogP contribution in [-0.2, 0) is 9.59 Å². The van der Waals surface area contributed by atoms with Crippen molar-refractivity contribution in [3.8, 4) is 0 Å². The fourth-order valence-corrected chi connectivity index (χ4v) is 5.77. The Morgan fingerprint density at radius 1 is 1.09 bits per heavy atom. The van der Waals surface area contributed by atoms with Gasteiger partial charge in [-0.15, -0.1) is 11.3 Å². The number of likely N-dealkylation sites (tertiary alicyclic amines) is 1. The van der Waals surface area contributed by atoms with Crippen molar-refractivity contribution in [2.45, 2.75) is 38.1 Å². The molecule has 0 unspecified atom stereocenters. The van der Waals surface area contributed by atoms with Gasteiger partial charge in [-0.05, 0) is 56.0 Å². The molecule has 2 saturated heterocycles. The molecule has 1 atom stereocenters. The van der Waals surface area contributed by atoms with Crippen LogP contribution in [0.15, 0.2) is 49.1 Å². The molecule has 5 rings (SSSR count). The van der Waals surface area contributed by atoms with E-state index in [1.807, 2.05) is 35.2 Å². The summed E-state index contributed by atoms with van der Waals surface area (Å²) in [5.41, 5.74) is 1.77. The van der Waals surface area contributed by atoms with Gasteiger partial charge >= 0.3 is 0 Å². The second-order valence-electron chi connectivity index (χ2n) is 8.65. The predicted octanol–water partition coefficient (Wildman–Crippen LogP) is 4.22. The maximum absolute atomic E-state index is 13.2. The molecule has 2 fully saturated rings. The number of imidazole rings is 1. The quantitative estimate of drug-likeness (QED) is 0.558. The molecule has 0 radical (unpaired) electrons. The number of amides is 3. The number of fused-ring (bicyclic) bond motifs is 1. The minimum atomic E-state index is -0.239. The number of carbonyl (C=O) groups excluding carboxylic acids is 3. The Hall–Kier alpha value is -3.46. The van der Waals surface area contributed by atoms with Gasteiger partial charge in [0.25, 0.3) is 5.91 Å². The molecule has 0 aliphatic carbocycles. The third-order valence-electron chi connectivity index (χ3n) is 6.53. The average molecular weight is 478 g/mol. The number of benzene rings is 1. The van der Waals surface area contributed by atoms with Crippen LogP contribution in [0.2, 0.25) is 0 Å². The van der Waals surface area contributed by atoms with Crippen molar-refractivity contribution in [2.24, 2.45) is 0 Å². The van der Waals surface area contributed by atoms with Gasteiger partial charge in [0.1, 0.15) is 0 Å². The van der Waals surface area contributed by atoms with Crippen LogP contribution in [0.25, 0.3) is 11.0 Å². The third kappa shape index (κ3) is 4.23. The minimum absolute atomic E-state index is 0.0466. The topological polar surface area (TPSA) is 87.5 Å². The maximum Gasteiger partial charge on any atom is 0.268 e. The van der Waals surface area contributed by atoms with Crippen LogP contribution in [0.3, 0.4) is 0 Å². The number of para-hydroxylation sites is 2. The SMILES string of the molecule is C=CC(=O)N1CCC[C@@H](n2c(NC(=O)c3ccc(N4CCCC4=O)s3)nc3ccccc32)CC1. The van der Waals surface area contributed by atoms with E-state index in [2.05, 4.69) is 16.5 Å². The summed E-state index contributed by atoms with van der Waals surface area (Å²) in [6.45, 7) is 5.64. The Labute approximate surface area is 201 Å². The molecule has 3 amide bonds. The summed E-state index contributed by atoms with van der Waals surface area (Å²) in [7, 11) is 0. The number of carbonyl (C=O) groups is 3. The lowest BCUT2D eigenvalue weighted by Crippen LogP contribution is -2.30. The van der Waals surface area contributed by atoms with E-state index in [9.17, 15) is 14.4 Å². The summed E-state index contributed by atoms with van der Waals surface area (Å²) >= 11 is 1.32. The largest absolute Gasteiger partial charge is 0.339 e. The van der Waals surface area contributed by atoms with Crippen LogP contribution < -0.4 is 10.2 Å². The van der Waals surface area contributed by atoms with Crippen molar-refractivity contribution in [3.05, 3.63) is 53.9 Å². The van der Waals surface area contributed by atoms with Crippen molar-refractivity contribution in [1.29, 1.82) is 0 Å². The molecule has 1 aromatic carbocycles. The van der Waals surface area contributed by atoms with Gasteiger partial charge in [0, 0.05) is 32.1 Å². The molecule has 8 nitrogen and oxygen atoms in total. The fourth-order valence-electron chi connectivity index (χ4n) is 4.83. The van der Waals surface area contributed by atoms with Crippen molar-refractivity contribution in [2.75, 3.05) is 29.9 Å². The zero-order valence-corrected chi connectivity index (χ0v) is 19.7. The normalized spacial score (nSPS) is 18.8. The van der Waals surface area contributed by atoms with E-state index < -0.39 is 0 Å². The van der Waals surface area contributed by atoms with E-state index in [1.165, 1.54) is 17.4 Å². The Bertz CT molecular complexity index is 1260. The van der Waals surface area contributed by atoms with Crippen LogP contribution >= 0.6 is 11.3 Å². The lowest BCUT2D eigenvalue weighted by Gasteiger charge is -2.21. The number of rotatable bonds is 5. The molecule has 2 aliphatic heterocycles. The molecule has 0 saturated carbocycles. The highest BCUT2D eigenvalue weighted by atomic mass is 32.1. The molecule has 2 aliphatic rings. The molecule has 9 heteroatoms. The third-order valence-corrected chi connectivity index (χ3v) is 7.63. The zero-order chi connectivity index (χ0) is 23.7. The van der Waals surface area contributed by atoms with Gasteiger partial charge in [0.05, 0.1) is 20.9 Å². The van der Waals surface area contributed by atoms with Crippen molar-refractivity contribution >= 4 is 51.0 Å². The van der Waals surface area contributed by atoms with Crippen LogP contribution in [-0.4, -0.2) is 51.8 Å². The predicted molar refractivity (Wildman–Crippen MR) is 133 cm³/mol. The molecule has 0 spiro atoms. The van der Waals surface area contributed by atoms with Crippen LogP contribution in [0, 0.1) is 0 Å². The molecule has 34 heavy (non-hydrogen) atoms. The minimum Gasteiger partial charge on any atom is -0.339 e. The van der Waals surface area contributed by atoms with Crippen LogP contribution in [0.5, 0.6) is 0 Å². The molecule has 176 valence electrons. The highest BCUT2D eigenvalue weighted by molar-refractivity contribution is 7.18. The Morgan fingerprint density at radius 3 is 2.74 bits per heavy atom. The van der Waals surface area contributed by atoms with Gasteiger partial charge in [-0.25, -0.2) is 4.98 Å². The number of nitrogens with one attached hydrogen (secondary N) is 1. The number of anilines is 2. The first kappa shape index (κ1) is 22.3. The van der Waals surface area contributed by atoms with E-state index in [0.717, 1.165) is 41.7 Å². The number of aromatic nitrogens is 2. The number of hydrogen-bond donors (Lipinski definition) is 1. The van der Waals surface area contributed by atoms with Crippen molar-refractivity contribution in [1.82, 2.24) is 14.5 Å². The summed E-state index contributed by atoms with van der Waals surface area (Å²) < 4.78 is 2.10. The van der Waals surface area contributed by atoms with Crippen LogP contribution in [0.1, 0.15) is 47.8 Å². The van der Waals surface area contributed by atoms with Gasteiger partial charge < -0.3 is 14.4 Å². The second-order valence-corrected chi connectivity index (χ2v) is 9.71. The van der Waals surface area contributed by atoms with E-state index in [0.29, 0.717) is 36.9 Å². The average Bonchev–Trinajstić information content (AvgIpc) is 3.53. The first-order valence-electron chi connectivity index (χ1n) is 11.6. The maximum atomic E-state index is 13.2. The standard InChI is InChI=1S/C25H27N5O3S/c1-2-21(31)28-14-5-7-17(13-16-28)30-19-9-4-3-8-18(19)26-25(30)27-24(33)20-11-12-23(34-20)29-15-6-10-22(29)32/h2-4,8-9,11-12,17H,1,5-7,10,13-16H2,(H,26,27,33)/t17-/m1/s1. The van der Waals surface area contributed by atoms with Crippen molar-refractivity contribution < 1.29 is 14.4 Å². The summed E-state index contributed by atoms with van der Waals surface area (Å²) in [5, 5.41) is 3.82. The summed E-state index contributed by atoms with van der Waals surface area (Å²) in [4.78, 5) is 46.2. The second kappa shape index (κ2) is 9.42. The van der Waals surface area contributed by atoms with E-state index in [1.54, 1.807) is 11.0 Å². The highest BCUT2D eigenvalue weighted by Gasteiger charge is 2.27. The van der Waals surface area contributed by atoms with Gasteiger partial charge in [-0.2, -0.15) is 0 Å². The number of nitrogens with zero attached hydrogens (tertiary/aromatic N) is 4. The zero-order valence-electron chi connectivity index (χ0n) is 18.9. The molecule has 2 aromatic heterocycles. The number of thiophene rings is 1. The molecular formula is C25H27N5O3S. The van der Waals surface area contributed by atoms with Gasteiger partial charge in [0.2, 0.25) is 17.8 Å². The van der Waals surface area contributed by atoms with Gasteiger partial charge in [0.15, 0.2) is 0 Å². The first-order valence-corrected chi connectivity index (χ1v) is 12.5. The van der Waals surface area contributed by atoms with E-state index >= 15 is 0 Å². The lowest BCUT2D eigenvalue weighted by molar-refractivity contribution is -0.126. The van der Waals surface area contributed by atoms with E-state index in [-0.39, 0.29) is 23.8 Å². The van der Waals surface area contributed by atoms with E-state index in [4.69, 9.17) is 4.98 Å². The van der Waals surface area contributed by atoms with Gasteiger partial charge in [-0.1, -0.05) is 18.7 Å². The highest BCUT2D eigenvalue weighted by Crippen LogP contribution is 2.33. The fraction of sp³-hybridized carbons (Fsp3) is 0.360. The molecular weight excluding hydrogens is 450 g/mol. The smallest absolute Gasteiger partial charge is 0.268 e. The molecule has 1 N–H and O–H groups in total. The Balaban J connectivity index is 1.41. The Morgan fingerprint density at radius 2 is 1.94 bits per heavy atom. The summed E-state index contributed by atoms with van der Waals surface area (Å²) in [6, 6.07) is 11.6. The number of hydrogen-bond acceptors (Lipinski definition) is 5. The van der Waals surface area contributed by atoms with Gasteiger partial charge in [-0.3, -0.25) is 19.7 Å². The molecule has 0 bridgehead atoms. The van der Waals surface area contributed by atoms with Crippen molar-refractivity contribution in [3.63, 3.8) is 0 Å². The molecule has 3 aromatic rings. The lowest BCUT2D eigenvalue weighted by atomic mass is 10.1. The van der Waals surface area contributed by atoms with Crippen LogP contribution in [0.4, 0.5) is 10.9 Å².